The van der Waals surface area contributed by atoms with Crippen LogP contribution in [-0.4, -0.2) is 23.2 Å². The minimum atomic E-state index is -0.974. The molecule has 1 saturated carbocycles. The molecule has 0 spiro atoms. The second-order valence-electron chi connectivity index (χ2n) is 4.54. The van der Waals surface area contributed by atoms with Gasteiger partial charge >= 0.3 is 0 Å². The van der Waals surface area contributed by atoms with Crippen molar-refractivity contribution in [3.8, 4) is 6.07 Å². The first-order valence-electron chi connectivity index (χ1n) is 5.37. The summed E-state index contributed by atoms with van der Waals surface area (Å²) >= 11 is 0. The predicted molar refractivity (Wildman–Crippen MR) is 55.8 cm³/mol. The van der Waals surface area contributed by atoms with Crippen molar-refractivity contribution < 1.29 is 9.90 Å². The zero-order valence-electron chi connectivity index (χ0n) is 9.34. The normalized spacial score (nSPS) is 22.0. The second kappa shape index (κ2) is 4.19. The number of hydrogen-bond donors (Lipinski definition) is 2. The third kappa shape index (κ3) is 2.13. The fourth-order valence-electron chi connectivity index (χ4n) is 1.60. The third-order valence-corrected chi connectivity index (χ3v) is 3.45. The van der Waals surface area contributed by atoms with Crippen molar-refractivity contribution >= 4 is 5.91 Å². The third-order valence-electron chi connectivity index (χ3n) is 3.45. The number of rotatable bonds is 4. The highest BCUT2D eigenvalue weighted by atomic mass is 16.3. The summed E-state index contributed by atoms with van der Waals surface area (Å²) in [6, 6.07) is 2.03. The molecule has 1 aliphatic carbocycles. The zero-order chi connectivity index (χ0) is 11.5. The topological polar surface area (TPSA) is 73.1 Å². The molecular formula is C11H18N2O2. The fraction of sp³-hybridized carbons (Fsp3) is 0.818. The summed E-state index contributed by atoms with van der Waals surface area (Å²) in [6.07, 6.45) is 3.12. The maximum absolute atomic E-state index is 11.8. The van der Waals surface area contributed by atoms with Crippen molar-refractivity contribution in [2.75, 3.05) is 6.61 Å². The van der Waals surface area contributed by atoms with Gasteiger partial charge in [0.15, 0.2) is 0 Å². The van der Waals surface area contributed by atoms with Crippen LogP contribution in [0.4, 0.5) is 0 Å². The van der Waals surface area contributed by atoms with Gasteiger partial charge in [0.1, 0.15) is 5.41 Å². The Kier molecular flexibility index (Phi) is 3.35. The lowest BCUT2D eigenvalue weighted by Crippen LogP contribution is -2.58. The first-order valence-corrected chi connectivity index (χ1v) is 5.37. The molecule has 15 heavy (non-hydrogen) atoms. The van der Waals surface area contributed by atoms with E-state index >= 15 is 0 Å². The summed E-state index contributed by atoms with van der Waals surface area (Å²) in [5.74, 6) is -0.263. The minimum Gasteiger partial charge on any atom is -0.394 e. The van der Waals surface area contributed by atoms with E-state index in [0.29, 0.717) is 6.42 Å². The van der Waals surface area contributed by atoms with Crippen molar-refractivity contribution in [2.45, 2.75) is 45.1 Å². The molecule has 0 aliphatic heterocycles. The summed E-state index contributed by atoms with van der Waals surface area (Å²) in [4.78, 5) is 11.8. The number of aliphatic hydroxyl groups is 1. The summed E-state index contributed by atoms with van der Waals surface area (Å²) in [5.41, 5.74) is -1.43. The molecule has 1 rings (SSSR count). The molecule has 4 nitrogen and oxygen atoms in total. The minimum absolute atomic E-state index is 0.0377. The molecule has 84 valence electrons. The molecule has 0 bridgehead atoms. The quantitative estimate of drug-likeness (QED) is 0.725. The van der Waals surface area contributed by atoms with Crippen molar-refractivity contribution in [1.29, 1.82) is 5.26 Å². The van der Waals surface area contributed by atoms with Gasteiger partial charge in [0.05, 0.1) is 18.2 Å². The van der Waals surface area contributed by atoms with Gasteiger partial charge in [0.2, 0.25) is 5.91 Å². The number of aliphatic hydroxyl groups excluding tert-OH is 1. The van der Waals surface area contributed by atoms with Gasteiger partial charge in [-0.15, -0.1) is 0 Å². The molecule has 4 heteroatoms. The van der Waals surface area contributed by atoms with Crippen molar-refractivity contribution in [3.63, 3.8) is 0 Å². The van der Waals surface area contributed by atoms with Gasteiger partial charge in [-0.3, -0.25) is 4.79 Å². The molecule has 1 fully saturated rings. The fourth-order valence-corrected chi connectivity index (χ4v) is 1.60. The van der Waals surface area contributed by atoms with E-state index in [4.69, 9.17) is 5.26 Å². The van der Waals surface area contributed by atoms with E-state index in [1.807, 2.05) is 13.0 Å². The molecule has 1 atom stereocenters. The van der Waals surface area contributed by atoms with Crippen LogP contribution in [0.3, 0.4) is 0 Å². The number of nitriles is 1. The summed E-state index contributed by atoms with van der Waals surface area (Å²) in [6.45, 7) is 3.41. The molecule has 1 unspecified atom stereocenters. The van der Waals surface area contributed by atoms with Crippen LogP contribution in [0.5, 0.6) is 0 Å². The van der Waals surface area contributed by atoms with Crippen LogP contribution in [0.25, 0.3) is 0 Å². The molecule has 2 N–H and O–H groups in total. The molecule has 1 amide bonds. The molecule has 0 radical (unpaired) electrons. The average molecular weight is 210 g/mol. The highest BCUT2D eigenvalue weighted by Crippen LogP contribution is 2.33. The molecular weight excluding hydrogens is 192 g/mol. The zero-order valence-corrected chi connectivity index (χ0v) is 9.34. The molecule has 0 aromatic heterocycles. The SMILES string of the molecule is CCC(C)(C#N)C(=O)NC1(CO)CCC1. The maximum atomic E-state index is 11.8. The van der Waals surface area contributed by atoms with E-state index < -0.39 is 11.0 Å². The number of hydrogen-bond acceptors (Lipinski definition) is 3. The van der Waals surface area contributed by atoms with Crippen LogP contribution in [0, 0.1) is 16.7 Å². The van der Waals surface area contributed by atoms with Crippen molar-refractivity contribution in [3.05, 3.63) is 0 Å². The summed E-state index contributed by atoms with van der Waals surface area (Å²) < 4.78 is 0. The van der Waals surface area contributed by atoms with E-state index in [1.165, 1.54) is 0 Å². The largest absolute Gasteiger partial charge is 0.394 e. The van der Waals surface area contributed by atoms with Crippen LogP contribution < -0.4 is 5.32 Å². The molecule has 0 aromatic carbocycles. The first kappa shape index (κ1) is 12.0. The van der Waals surface area contributed by atoms with Crippen LogP contribution in [0.1, 0.15) is 39.5 Å². The summed E-state index contributed by atoms with van der Waals surface area (Å²) in [7, 11) is 0. The van der Waals surface area contributed by atoms with Gasteiger partial charge in [-0.1, -0.05) is 6.92 Å². The average Bonchev–Trinajstić information content (AvgIpc) is 2.21. The van der Waals surface area contributed by atoms with Crippen molar-refractivity contribution in [1.82, 2.24) is 5.32 Å². The van der Waals surface area contributed by atoms with E-state index in [1.54, 1.807) is 6.92 Å². The van der Waals surface area contributed by atoms with Gasteiger partial charge in [0.25, 0.3) is 0 Å². The highest BCUT2D eigenvalue weighted by Gasteiger charge is 2.42. The lowest BCUT2D eigenvalue weighted by atomic mass is 9.76. The number of nitrogens with one attached hydrogen (secondary N) is 1. The smallest absolute Gasteiger partial charge is 0.240 e. The molecule has 0 saturated heterocycles. The van der Waals surface area contributed by atoms with E-state index in [-0.39, 0.29) is 12.5 Å². The molecule has 0 heterocycles. The monoisotopic (exact) mass is 210 g/mol. The Balaban J connectivity index is 2.66. The highest BCUT2D eigenvalue weighted by molar-refractivity contribution is 5.85. The number of carbonyl (C=O) groups is 1. The Morgan fingerprint density at radius 1 is 1.67 bits per heavy atom. The van der Waals surface area contributed by atoms with Crippen LogP contribution in [-0.2, 0) is 4.79 Å². The van der Waals surface area contributed by atoms with Gasteiger partial charge in [-0.25, -0.2) is 0 Å². The van der Waals surface area contributed by atoms with Gasteiger partial charge in [-0.2, -0.15) is 5.26 Å². The van der Waals surface area contributed by atoms with Crippen LogP contribution >= 0.6 is 0 Å². The standard InChI is InChI=1S/C11H18N2O2/c1-3-10(2,7-12)9(15)13-11(8-14)5-4-6-11/h14H,3-6,8H2,1-2H3,(H,13,15). The van der Waals surface area contributed by atoms with Gasteiger partial charge < -0.3 is 10.4 Å². The Bertz CT molecular complexity index is 286. The summed E-state index contributed by atoms with van der Waals surface area (Å²) in [5, 5.41) is 21.0. The Morgan fingerprint density at radius 3 is 2.53 bits per heavy atom. The van der Waals surface area contributed by atoms with E-state index in [0.717, 1.165) is 19.3 Å². The van der Waals surface area contributed by atoms with Crippen LogP contribution in [0.2, 0.25) is 0 Å². The van der Waals surface area contributed by atoms with E-state index in [9.17, 15) is 9.90 Å². The predicted octanol–water partition coefficient (Wildman–Crippen LogP) is 0.957. The lowest BCUT2D eigenvalue weighted by Gasteiger charge is -2.42. The van der Waals surface area contributed by atoms with Crippen LogP contribution in [0.15, 0.2) is 0 Å². The van der Waals surface area contributed by atoms with Crippen molar-refractivity contribution in [2.24, 2.45) is 5.41 Å². The molecule has 0 aromatic rings. The maximum Gasteiger partial charge on any atom is 0.240 e. The molecule has 1 aliphatic rings. The number of nitrogens with zero attached hydrogens (tertiary/aromatic N) is 1. The Labute approximate surface area is 90.3 Å². The first-order chi connectivity index (χ1) is 7.02. The number of carbonyl (C=O) groups excluding carboxylic acids is 1. The Hall–Kier alpha value is -1.08. The second-order valence-corrected chi connectivity index (χ2v) is 4.54. The van der Waals surface area contributed by atoms with E-state index in [2.05, 4.69) is 5.32 Å². The van der Waals surface area contributed by atoms with Gasteiger partial charge in [0, 0.05) is 0 Å². The van der Waals surface area contributed by atoms with Gasteiger partial charge in [-0.05, 0) is 32.6 Å². The lowest BCUT2D eigenvalue weighted by molar-refractivity contribution is -0.131. The Morgan fingerprint density at radius 2 is 2.27 bits per heavy atom. The number of amides is 1.